The van der Waals surface area contributed by atoms with E-state index in [2.05, 4.69) is 43.1 Å². The summed E-state index contributed by atoms with van der Waals surface area (Å²) in [5.41, 5.74) is 7.44. The van der Waals surface area contributed by atoms with Gasteiger partial charge in [0.1, 0.15) is 12.0 Å². The third-order valence-corrected chi connectivity index (χ3v) is 5.31. The van der Waals surface area contributed by atoms with Gasteiger partial charge in [0.25, 0.3) is 5.91 Å². The van der Waals surface area contributed by atoms with Crippen LogP contribution in [0.25, 0.3) is 22.5 Å². The van der Waals surface area contributed by atoms with Gasteiger partial charge < -0.3 is 10.2 Å². The molecule has 1 N–H and O–H groups in total. The van der Waals surface area contributed by atoms with Gasteiger partial charge >= 0.3 is 0 Å². The first-order valence-electron chi connectivity index (χ1n) is 10.8. The van der Waals surface area contributed by atoms with Crippen LogP contribution in [0.2, 0.25) is 0 Å². The van der Waals surface area contributed by atoms with E-state index in [4.69, 9.17) is 0 Å². The van der Waals surface area contributed by atoms with E-state index < -0.39 is 0 Å². The molecule has 8 heteroatoms. The van der Waals surface area contributed by atoms with Crippen molar-refractivity contribution in [2.24, 2.45) is 0 Å². The minimum atomic E-state index is -0.182. The Morgan fingerprint density at radius 1 is 1.09 bits per heavy atom. The molecular formula is C26H27N7O. The maximum absolute atomic E-state index is 13.1. The summed E-state index contributed by atoms with van der Waals surface area (Å²) in [5, 5.41) is 11.5. The van der Waals surface area contributed by atoms with Crippen molar-refractivity contribution in [1.82, 2.24) is 29.9 Å². The molecule has 2 aromatic heterocycles. The van der Waals surface area contributed by atoms with Gasteiger partial charge in [-0.15, -0.1) is 5.10 Å². The fraction of sp³-hybridized carbons (Fsp3) is 0.192. The first-order chi connectivity index (χ1) is 16.3. The van der Waals surface area contributed by atoms with Crippen molar-refractivity contribution in [2.75, 3.05) is 19.4 Å². The molecule has 0 spiro atoms. The Kier molecular flexibility index (Phi) is 6.60. The second kappa shape index (κ2) is 9.76. The molecule has 2 heterocycles. The molecule has 34 heavy (non-hydrogen) atoms. The summed E-state index contributed by atoms with van der Waals surface area (Å²) in [6.45, 7) is 8.70. The summed E-state index contributed by atoms with van der Waals surface area (Å²) >= 11 is 0. The lowest BCUT2D eigenvalue weighted by atomic mass is 10.0. The number of benzene rings is 2. The average Bonchev–Trinajstić information content (AvgIpc) is 3.30. The van der Waals surface area contributed by atoms with Crippen molar-refractivity contribution in [3.05, 3.63) is 90.1 Å². The third-order valence-electron chi connectivity index (χ3n) is 5.31. The van der Waals surface area contributed by atoms with Gasteiger partial charge in [0, 0.05) is 35.8 Å². The normalized spacial score (nSPS) is 11.0. The zero-order valence-corrected chi connectivity index (χ0v) is 19.8. The zero-order chi connectivity index (χ0) is 24.2. The van der Waals surface area contributed by atoms with Crippen molar-refractivity contribution in [1.29, 1.82) is 0 Å². The number of hydrogen-bond acceptors (Lipinski definition) is 6. The standard InChI is InChI=1S/C26H27N7O/c1-17(2)20-8-19(14-32(4)5)9-21(10-20)26(34)29-23-7-6-18(3)25(11-23)33-15-24(30-31-33)22-12-27-16-28-13-22/h6-13,15-16H,1,14H2,2-5H3,(H,29,34). The van der Waals surface area contributed by atoms with Crippen molar-refractivity contribution >= 4 is 17.2 Å². The summed E-state index contributed by atoms with van der Waals surface area (Å²) in [5.74, 6) is -0.182. The SMILES string of the molecule is C=C(C)c1cc(CN(C)C)cc(C(=O)Nc2ccc(C)c(-n3cc(-c4cncnc4)nn3)c2)c1. The van der Waals surface area contributed by atoms with Gasteiger partial charge in [-0.25, -0.2) is 14.6 Å². The molecule has 0 radical (unpaired) electrons. The average molecular weight is 454 g/mol. The molecule has 0 unspecified atom stereocenters. The molecule has 0 bridgehead atoms. The first-order valence-corrected chi connectivity index (χ1v) is 10.8. The number of aryl methyl sites for hydroxylation is 1. The molecule has 0 atom stereocenters. The van der Waals surface area contributed by atoms with Crippen molar-refractivity contribution in [3.8, 4) is 16.9 Å². The van der Waals surface area contributed by atoms with Crippen LogP contribution in [0.15, 0.2) is 67.9 Å². The van der Waals surface area contributed by atoms with E-state index in [0.717, 1.165) is 40.1 Å². The fourth-order valence-electron chi connectivity index (χ4n) is 3.61. The molecule has 0 saturated carbocycles. The highest BCUT2D eigenvalue weighted by Crippen LogP contribution is 2.23. The topological polar surface area (TPSA) is 88.8 Å². The number of hydrogen-bond donors (Lipinski definition) is 1. The molecule has 172 valence electrons. The number of amides is 1. The van der Waals surface area contributed by atoms with Gasteiger partial charge in [-0.1, -0.05) is 29.5 Å². The molecule has 1 amide bonds. The van der Waals surface area contributed by atoms with E-state index in [9.17, 15) is 4.79 Å². The molecule has 0 aliphatic heterocycles. The predicted octanol–water partition coefficient (Wildman–Crippen LogP) is 4.38. The Morgan fingerprint density at radius 2 is 1.82 bits per heavy atom. The number of anilines is 1. The Morgan fingerprint density at radius 3 is 2.53 bits per heavy atom. The lowest BCUT2D eigenvalue weighted by Gasteiger charge is -2.14. The summed E-state index contributed by atoms with van der Waals surface area (Å²) < 4.78 is 1.68. The number of carbonyl (C=O) groups excluding carboxylic acids is 1. The smallest absolute Gasteiger partial charge is 0.255 e. The Labute approximate surface area is 199 Å². The highest BCUT2D eigenvalue weighted by Gasteiger charge is 2.13. The Hall–Kier alpha value is -4.17. The predicted molar refractivity (Wildman–Crippen MR) is 134 cm³/mol. The largest absolute Gasteiger partial charge is 0.322 e. The van der Waals surface area contributed by atoms with E-state index in [1.165, 1.54) is 6.33 Å². The summed E-state index contributed by atoms with van der Waals surface area (Å²) in [6, 6.07) is 11.6. The van der Waals surface area contributed by atoms with Crippen LogP contribution in [0.1, 0.15) is 34.0 Å². The second-order valence-corrected chi connectivity index (χ2v) is 8.57. The first kappa shape index (κ1) is 23.0. The number of nitrogens with one attached hydrogen (secondary N) is 1. The second-order valence-electron chi connectivity index (χ2n) is 8.57. The Bertz CT molecular complexity index is 1340. The van der Waals surface area contributed by atoms with Gasteiger partial charge in [0.05, 0.1) is 11.9 Å². The summed E-state index contributed by atoms with van der Waals surface area (Å²) in [4.78, 5) is 23.3. The lowest BCUT2D eigenvalue weighted by molar-refractivity contribution is 0.102. The minimum absolute atomic E-state index is 0.182. The quantitative estimate of drug-likeness (QED) is 0.447. The molecule has 4 aromatic rings. The third kappa shape index (κ3) is 5.24. The van der Waals surface area contributed by atoms with E-state index in [-0.39, 0.29) is 5.91 Å². The van der Waals surface area contributed by atoms with E-state index >= 15 is 0 Å². The molecule has 0 aliphatic carbocycles. The zero-order valence-electron chi connectivity index (χ0n) is 19.8. The fourth-order valence-corrected chi connectivity index (χ4v) is 3.61. The summed E-state index contributed by atoms with van der Waals surface area (Å²) in [7, 11) is 4.00. The minimum Gasteiger partial charge on any atom is -0.322 e. The maximum Gasteiger partial charge on any atom is 0.255 e. The van der Waals surface area contributed by atoms with Gasteiger partial charge in [-0.3, -0.25) is 4.79 Å². The number of allylic oxidation sites excluding steroid dienone is 1. The summed E-state index contributed by atoms with van der Waals surface area (Å²) in [6.07, 6.45) is 6.67. The van der Waals surface area contributed by atoms with E-state index in [0.29, 0.717) is 16.9 Å². The highest BCUT2D eigenvalue weighted by molar-refractivity contribution is 6.05. The van der Waals surface area contributed by atoms with E-state index in [1.54, 1.807) is 17.1 Å². The maximum atomic E-state index is 13.1. The molecule has 4 rings (SSSR count). The number of aromatic nitrogens is 5. The van der Waals surface area contributed by atoms with Crippen LogP contribution in [-0.2, 0) is 6.54 Å². The van der Waals surface area contributed by atoms with Crippen LogP contribution in [0.3, 0.4) is 0 Å². The van der Waals surface area contributed by atoms with Crippen LogP contribution in [0, 0.1) is 6.92 Å². The molecule has 0 aliphatic rings. The number of rotatable bonds is 7. The van der Waals surface area contributed by atoms with Crippen molar-refractivity contribution in [3.63, 3.8) is 0 Å². The monoisotopic (exact) mass is 453 g/mol. The van der Waals surface area contributed by atoms with Crippen LogP contribution in [-0.4, -0.2) is 49.9 Å². The van der Waals surface area contributed by atoms with Crippen molar-refractivity contribution in [2.45, 2.75) is 20.4 Å². The van der Waals surface area contributed by atoms with Gasteiger partial charge in [-0.2, -0.15) is 0 Å². The number of nitrogens with zero attached hydrogens (tertiary/aromatic N) is 6. The molecular weight excluding hydrogens is 426 g/mol. The Balaban J connectivity index is 1.61. The van der Waals surface area contributed by atoms with Gasteiger partial charge in [-0.05, 0) is 68.9 Å². The van der Waals surface area contributed by atoms with Crippen molar-refractivity contribution < 1.29 is 4.79 Å². The highest BCUT2D eigenvalue weighted by atomic mass is 16.1. The molecule has 0 saturated heterocycles. The molecule has 0 fully saturated rings. The van der Waals surface area contributed by atoms with E-state index in [1.807, 2.05) is 64.5 Å². The van der Waals surface area contributed by atoms with Gasteiger partial charge in [0.15, 0.2) is 0 Å². The lowest BCUT2D eigenvalue weighted by Crippen LogP contribution is -2.15. The van der Waals surface area contributed by atoms with Crippen LogP contribution < -0.4 is 5.32 Å². The molecule has 8 nitrogen and oxygen atoms in total. The number of carbonyl (C=O) groups is 1. The van der Waals surface area contributed by atoms with Crippen LogP contribution in [0.5, 0.6) is 0 Å². The van der Waals surface area contributed by atoms with Crippen LogP contribution in [0.4, 0.5) is 5.69 Å². The molecule has 2 aromatic carbocycles. The van der Waals surface area contributed by atoms with Gasteiger partial charge in [0.2, 0.25) is 0 Å². The van der Waals surface area contributed by atoms with Crippen LogP contribution >= 0.6 is 0 Å².